The quantitative estimate of drug-likeness (QED) is 0.596. The van der Waals surface area contributed by atoms with Gasteiger partial charge in [-0.25, -0.2) is 0 Å². The first-order chi connectivity index (χ1) is 7.74. The molecule has 0 atom stereocenters. The number of carbonyl (C=O) groups is 1. The summed E-state index contributed by atoms with van der Waals surface area (Å²) in [6.45, 7) is 1.12. The van der Waals surface area contributed by atoms with Gasteiger partial charge in [-0.05, 0) is 18.1 Å². The van der Waals surface area contributed by atoms with Crippen molar-refractivity contribution in [3.05, 3.63) is 34.3 Å². The Kier molecular flexibility index (Phi) is 6.11. The number of benzene rings is 1. The predicted molar refractivity (Wildman–Crippen MR) is 65.0 cm³/mol. The number of ether oxygens (including phenoxy) is 2. The highest BCUT2D eigenvalue weighted by Crippen LogP contribution is 2.16. The maximum Gasteiger partial charge on any atom is 0.305 e. The Morgan fingerprint density at radius 3 is 2.81 bits per heavy atom. The monoisotopic (exact) mass is 286 g/mol. The molecule has 0 aliphatic rings. The van der Waals surface area contributed by atoms with E-state index in [9.17, 15) is 4.79 Å². The van der Waals surface area contributed by atoms with Crippen molar-refractivity contribution in [2.75, 3.05) is 13.7 Å². The fourth-order valence-electron chi connectivity index (χ4n) is 1.22. The second-order valence-electron chi connectivity index (χ2n) is 3.32. The highest BCUT2D eigenvalue weighted by Gasteiger charge is 2.01. The fraction of sp³-hybridized carbons (Fsp3) is 0.417. The molecule has 88 valence electrons. The topological polar surface area (TPSA) is 35.5 Å². The molecular formula is C12H15BrO3. The van der Waals surface area contributed by atoms with Gasteiger partial charge in [0.15, 0.2) is 0 Å². The minimum atomic E-state index is -0.190. The first-order valence-corrected chi connectivity index (χ1v) is 5.91. The maximum absolute atomic E-state index is 10.8. The van der Waals surface area contributed by atoms with E-state index in [4.69, 9.17) is 4.74 Å². The molecule has 1 rings (SSSR count). The normalized spacial score (nSPS) is 10.1. The summed E-state index contributed by atoms with van der Waals surface area (Å²) in [4.78, 5) is 10.8. The van der Waals surface area contributed by atoms with Crippen molar-refractivity contribution < 1.29 is 14.3 Å². The summed E-state index contributed by atoms with van der Waals surface area (Å²) in [5.41, 5.74) is 1.11. The minimum absolute atomic E-state index is 0.190. The van der Waals surface area contributed by atoms with Crippen molar-refractivity contribution in [1.29, 1.82) is 0 Å². The van der Waals surface area contributed by atoms with Crippen LogP contribution in [0.5, 0.6) is 0 Å². The van der Waals surface area contributed by atoms with Gasteiger partial charge in [0.25, 0.3) is 0 Å². The average molecular weight is 287 g/mol. The third kappa shape index (κ3) is 4.77. The molecule has 3 nitrogen and oxygen atoms in total. The van der Waals surface area contributed by atoms with E-state index in [0.717, 1.165) is 10.0 Å². The summed E-state index contributed by atoms with van der Waals surface area (Å²) in [6, 6.07) is 7.92. The number of rotatable bonds is 6. The van der Waals surface area contributed by atoms with Crippen LogP contribution in [0.3, 0.4) is 0 Å². The van der Waals surface area contributed by atoms with Crippen LogP contribution in [-0.2, 0) is 20.9 Å². The highest BCUT2D eigenvalue weighted by atomic mass is 79.9. The predicted octanol–water partition coefficient (Wildman–Crippen LogP) is 2.92. The van der Waals surface area contributed by atoms with Crippen LogP contribution in [-0.4, -0.2) is 19.7 Å². The zero-order valence-corrected chi connectivity index (χ0v) is 10.8. The molecule has 0 bridgehead atoms. The molecule has 4 heteroatoms. The van der Waals surface area contributed by atoms with Crippen molar-refractivity contribution in [1.82, 2.24) is 0 Å². The standard InChI is InChI=1S/C12H15BrO3/c1-15-12(14)7-4-8-16-9-10-5-2-3-6-11(10)13/h2-3,5-6H,4,7-9H2,1H3. The van der Waals surface area contributed by atoms with Gasteiger partial charge >= 0.3 is 5.97 Å². The number of carbonyl (C=O) groups excluding carboxylic acids is 1. The lowest BCUT2D eigenvalue weighted by atomic mass is 10.2. The van der Waals surface area contributed by atoms with E-state index in [1.54, 1.807) is 0 Å². The Morgan fingerprint density at radius 2 is 2.12 bits per heavy atom. The van der Waals surface area contributed by atoms with Crippen molar-refractivity contribution >= 4 is 21.9 Å². The molecule has 0 saturated carbocycles. The summed E-state index contributed by atoms with van der Waals surface area (Å²) in [6.07, 6.45) is 1.10. The lowest BCUT2D eigenvalue weighted by Crippen LogP contribution is -2.03. The van der Waals surface area contributed by atoms with Crippen LogP contribution in [0, 0.1) is 0 Å². The lowest BCUT2D eigenvalue weighted by Gasteiger charge is -2.05. The molecule has 0 aliphatic heterocycles. The summed E-state index contributed by atoms with van der Waals surface area (Å²) in [5.74, 6) is -0.190. The molecule has 0 heterocycles. The third-order valence-electron chi connectivity index (χ3n) is 2.11. The van der Waals surface area contributed by atoms with E-state index in [1.807, 2.05) is 24.3 Å². The first kappa shape index (κ1) is 13.2. The Hall–Kier alpha value is -0.870. The third-order valence-corrected chi connectivity index (χ3v) is 2.89. The van der Waals surface area contributed by atoms with Crippen molar-refractivity contribution in [2.24, 2.45) is 0 Å². The van der Waals surface area contributed by atoms with Crippen LogP contribution < -0.4 is 0 Å². The van der Waals surface area contributed by atoms with Gasteiger partial charge in [-0.1, -0.05) is 34.1 Å². The average Bonchev–Trinajstić information content (AvgIpc) is 2.30. The molecule has 0 N–H and O–H groups in total. The minimum Gasteiger partial charge on any atom is -0.469 e. The molecule has 16 heavy (non-hydrogen) atoms. The van der Waals surface area contributed by atoms with E-state index < -0.39 is 0 Å². The molecule has 1 aromatic rings. The second kappa shape index (κ2) is 7.41. The largest absolute Gasteiger partial charge is 0.469 e. The zero-order valence-electron chi connectivity index (χ0n) is 9.24. The van der Waals surface area contributed by atoms with Crippen LogP contribution in [0.4, 0.5) is 0 Å². The molecule has 0 aromatic heterocycles. The zero-order chi connectivity index (χ0) is 11.8. The van der Waals surface area contributed by atoms with Gasteiger partial charge in [0, 0.05) is 17.5 Å². The van der Waals surface area contributed by atoms with E-state index in [2.05, 4.69) is 20.7 Å². The van der Waals surface area contributed by atoms with Gasteiger partial charge < -0.3 is 9.47 Å². The number of halogens is 1. The molecule has 0 spiro atoms. The summed E-state index contributed by atoms with van der Waals surface area (Å²) >= 11 is 3.45. The number of hydrogen-bond donors (Lipinski definition) is 0. The van der Waals surface area contributed by atoms with Crippen LogP contribution in [0.2, 0.25) is 0 Å². The van der Waals surface area contributed by atoms with Crippen LogP contribution >= 0.6 is 15.9 Å². The van der Waals surface area contributed by atoms with Crippen molar-refractivity contribution in [2.45, 2.75) is 19.4 Å². The Bertz CT molecular complexity index is 339. The van der Waals surface area contributed by atoms with Crippen LogP contribution in [0.1, 0.15) is 18.4 Å². The number of hydrogen-bond acceptors (Lipinski definition) is 3. The van der Waals surface area contributed by atoms with E-state index in [1.165, 1.54) is 7.11 Å². The smallest absolute Gasteiger partial charge is 0.305 e. The fourth-order valence-corrected chi connectivity index (χ4v) is 1.62. The van der Waals surface area contributed by atoms with Gasteiger partial charge in [-0.3, -0.25) is 4.79 Å². The highest BCUT2D eigenvalue weighted by molar-refractivity contribution is 9.10. The van der Waals surface area contributed by atoms with Gasteiger partial charge in [0.1, 0.15) is 0 Å². The lowest BCUT2D eigenvalue weighted by molar-refractivity contribution is -0.141. The summed E-state index contributed by atoms with van der Waals surface area (Å²) in [5, 5.41) is 0. The molecule has 1 aromatic carbocycles. The Morgan fingerprint density at radius 1 is 1.38 bits per heavy atom. The van der Waals surface area contributed by atoms with Crippen LogP contribution in [0.25, 0.3) is 0 Å². The Balaban J connectivity index is 2.17. The van der Waals surface area contributed by atoms with Gasteiger partial charge in [0.05, 0.1) is 13.7 Å². The van der Waals surface area contributed by atoms with Crippen molar-refractivity contribution in [3.63, 3.8) is 0 Å². The first-order valence-electron chi connectivity index (χ1n) is 5.12. The molecule has 0 fully saturated rings. The molecule has 0 saturated heterocycles. The number of esters is 1. The summed E-state index contributed by atoms with van der Waals surface area (Å²) in [7, 11) is 1.39. The van der Waals surface area contributed by atoms with Gasteiger partial charge in [-0.2, -0.15) is 0 Å². The molecule has 0 radical (unpaired) electrons. The van der Waals surface area contributed by atoms with Gasteiger partial charge in [0.2, 0.25) is 0 Å². The molecule has 0 aliphatic carbocycles. The van der Waals surface area contributed by atoms with E-state index in [-0.39, 0.29) is 5.97 Å². The molecular weight excluding hydrogens is 272 g/mol. The van der Waals surface area contributed by atoms with E-state index >= 15 is 0 Å². The summed E-state index contributed by atoms with van der Waals surface area (Å²) < 4.78 is 11.0. The number of methoxy groups -OCH3 is 1. The van der Waals surface area contributed by atoms with Crippen molar-refractivity contribution in [3.8, 4) is 0 Å². The van der Waals surface area contributed by atoms with Crippen LogP contribution in [0.15, 0.2) is 28.7 Å². The Labute approximate surface area is 104 Å². The molecule has 0 unspecified atom stereocenters. The van der Waals surface area contributed by atoms with Gasteiger partial charge in [-0.15, -0.1) is 0 Å². The maximum atomic E-state index is 10.8. The molecule has 0 amide bonds. The second-order valence-corrected chi connectivity index (χ2v) is 4.18. The SMILES string of the molecule is COC(=O)CCCOCc1ccccc1Br. The van der Waals surface area contributed by atoms with E-state index in [0.29, 0.717) is 26.1 Å².